The van der Waals surface area contributed by atoms with E-state index in [-0.39, 0.29) is 25.7 Å². The van der Waals surface area contributed by atoms with Gasteiger partial charge in [-0.2, -0.15) is 0 Å². The number of amides is 1. The molecule has 0 unspecified atom stereocenters. The summed E-state index contributed by atoms with van der Waals surface area (Å²) in [5.41, 5.74) is 1.83. The van der Waals surface area contributed by atoms with Crippen LogP contribution in [-0.2, 0) is 41.8 Å². The number of ether oxygens (including phenoxy) is 4. The zero-order valence-electron chi connectivity index (χ0n) is 18.2. The van der Waals surface area contributed by atoms with E-state index in [1.165, 1.54) is 13.8 Å². The fourth-order valence-electron chi connectivity index (χ4n) is 3.50. The molecule has 32 heavy (non-hydrogen) atoms. The van der Waals surface area contributed by atoms with Crippen molar-refractivity contribution in [1.82, 2.24) is 5.32 Å². The quantitative estimate of drug-likeness (QED) is 0.571. The van der Waals surface area contributed by atoms with Crippen LogP contribution >= 0.6 is 0 Å². The molecule has 172 valence electrons. The van der Waals surface area contributed by atoms with Crippen molar-refractivity contribution in [3.8, 4) is 0 Å². The first-order valence-electron chi connectivity index (χ1n) is 10.5. The van der Waals surface area contributed by atoms with E-state index in [0.29, 0.717) is 0 Å². The molecule has 8 nitrogen and oxygen atoms in total. The molecule has 3 rings (SSSR count). The number of aliphatic hydroxyl groups excluding tert-OH is 1. The molecule has 0 radical (unpaired) electrons. The third-order valence-corrected chi connectivity index (χ3v) is 5.04. The highest BCUT2D eigenvalue weighted by Crippen LogP contribution is 2.27. The van der Waals surface area contributed by atoms with Crippen LogP contribution in [-0.4, -0.2) is 54.2 Å². The number of carbonyl (C=O) groups is 2. The van der Waals surface area contributed by atoms with Crippen LogP contribution < -0.4 is 5.32 Å². The van der Waals surface area contributed by atoms with Crippen LogP contribution in [0.15, 0.2) is 60.7 Å². The van der Waals surface area contributed by atoms with Crippen molar-refractivity contribution in [3.63, 3.8) is 0 Å². The van der Waals surface area contributed by atoms with Gasteiger partial charge in [-0.15, -0.1) is 0 Å². The van der Waals surface area contributed by atoms with E-state index in [9.17, 15) is 14.7 Å². The average molecular weight is 443 g/mol. The number of carbonyl (C=O) groups excluding carboxylic acids is 2. The van der Waals surface area contributed by atoms with Gasteiger partial charge in [0.2, 0.25) is 5.91 Å². The van der Waals surface area contributed by atoms with E-state index in [1.807, 2.05) is 60.7 Å². The van der Waals surface area contributed by atoms with Crippen molar-refractivity contribution in [2.75, 3.05) is 6.61 Å². The van der Waals surface area contributed by atoms with Gasteiger partial charge in [0.1, 0.15) is 31.0 Å². The minimum absolute atomic E-state index is 0.167. The number of hydrogen-bond acceptors (Lipinski definition) is 7. The molecule has 0 aromatic heterocycles. The standard InChI is InChI=1S/C24H29NO7/c1-16(26)25-21-23(30-13-18-9-5-3-6-10-18)22(28)20(15-29-17(2)27)32-24(21)31-14-19-11-7-4-8-12-19/h3-12,20-24,28H,13-15H2,1-2H3,(H,25,26)/t20-,21-,22-,23-,24+/m1/s1. The molecular weight excluding hydrogens is 414 g/mol. The van der Waals surface area contributed by atoms with E-state index in [1.54, 1.807) is 0 Å². The van der Waals surface area contributed by atoms with Crippen LogP contribution in [0.5, 0.6) is 0 Å². The first-order chi connectivity index (χ1) is 15.4. The number of benzene rings is 2. The van der Waals surface area contributed by atoms with Crippen LogP contribution in [0.25, 0.3) is 0 Å². The SMILES string of the molecule is CC(=O)N[C@H]1[C@@H](OCc2ccccc2)O[C@H](COC(C)=O)[C@@H](O)[C@@H]1OCc1ccccc1. The maximum absolute atomic E-state index is 11.9. The highest BCUT2D eigenvalue weighted by atomic mass is 16.7. The summed E-state index contributed by atoms with van der Waals surface area (Å²) in [5.74, 6) is -0.806. The molecule has 1 saturated heterocycles. The van der Waals surface area contributed by atoms with Gasteiger partial charge in [0.15, 0.2) is 6.29 Å². The molecule has 2 aromatic rings. The second-order valence-corrected chi connectivity index (χ2v) is 7.62. The highest BCUT2D eigenvalue weighted by Gasteiger charge is 2.47. The Morgan fingerprint density at radius 2 is 1.50 bits per heavy atom. The van der Waals surface area contributed by atoms with E-state index >= 15 is 0 Å². The molecule has 1 aliphatic rings. The maximum Gasteiger partial charge on any atom is 0.302 e. The van der Waals surface area contributed by atoms with Gasteiger partial charge in [0.25, 0.3) is 0 Å². The Kier molecular flexibility index (Phi) is 8.75. The topological polar surface area (TPSA) is 103 Å². The minimum Gasteiger partial charge on any atom is -0.463 e. The average Bonchev–Trinajstić information content (AvgIpc) is 2.78. The van der Waals surface area contributed by atoms with E-state index < -0.39 is 36.6 Å². The molecule has 0 bridgehead atoms. The van der Waals surface area contributed by atoms with Gasteiger partial charge in [-0.1, -0.05) is 60.7 Å². The molecule has 0 spiro atoms. The van der Waals surface area contributed by atoms with Crippen LogP contribution in [0.4, 0.5) is 0 Å². The summed E-state index contributed by atoms with van der Waals surface area (Å²) >= 11 is 0. The minimum atomic E-state index is -1.16. The van der Waals surface area contributed by atoms with Crippen LogP contribution in [0.3, 0.4) is 0 Å². The lowest BCUT2D eigenvalue weighted by Crippen LogP contribution is -2.65. The zero-order chi connectivity index (χ0) is 22.9. The number of aliphatic hydroxyl groups is 1. The third kappa shape index (κ3) is 6.86. The molecule has 1 aliphatic heterocycles. The summed E-state index contributed by atoms with van der Waals surface area (Å²) < 4.78 is 23.0. The normalized spacial score (nSPS) is 25.2. The third-order valence-electron chi connectivity index (χ3n) is 5.04. The second-order valence-electron chi connectivity index (χ2n) is 7.62. The van der Waals surface area contributed by atoms with Gasteiger partial charge < -0.3 is 29.4 Å². The van der Waals surface area contributed by atoms with E-state index in [2.05, 4.69) is 5.32 Å². The fraction of sp³-hybridized carbons (Fsp3) is 0.417. The Bertz CT molecular complexity index is 861. The summed E-state index contributed by atoms with van der Waals surface area (Å²) in [6.07, 6.45) is -3.82. The fourth-order valence-corrected chi connectivity index (χ4v) is 3.50. The molecule has 0 aliphatic carbocycles. The molecule has 5 atom stereocenters. The molecule has 1 amide bonds. The number of nitrogens with one attached hydrogen (secondary N) is 1. The first kappa shape index (κ1) is 23.9. The predicted molar refractivity (Wildman–Crippen MR) is 115 cm³/mol. The molecule has 0 saturated carbocycles. The highest BCUT2D eigenvalue weighted by molar-refractivity contribution is 5.73. The van der Waals surface area contributed by atoms with Gasteiger partial charge in [-0.25, -0.2) is 0 Å². The van der Waals surface area contributed by atoms with Crippen molar-refractivity contribution >= 4 is 11.9 Å². The largest absolute Gasteiger partial charge is 0.463 e. The second kappa shape index (κ2) is 11.7. The Morgan fingerprint density at radius 1 is 0.938 bits per heavy atom. The lowest BCUT2D eigenvalue weighted by atomic mass is 9.96. The summed E-state index contributed by atoms with van der Waals surface area (Å²) in [6, 6.07) is 18.2. The Balaban J connectivity index is 1.80. The first-order valence-corrected chi connectivity index (χ1v) is 10.5. The molecule has 8 heteroatoms. The molecule has 1 fully saturated rings. The van der Waals surface area contributed by atoms with Crippen molar-refractivity contribution in [2.24, 2.45) is 0 Å². The van der Waals surface area contributed by atoms with Crippen LogP contribution in [0.2, 0.25) is 0 Å². The summed E-state index contributed by atoms with van der Waals surface area (Å²) in [5, 5.41) is 13.7. The Hall–Kier alpha value is -2.78. The number of esters is 1. The molecule has 2 N–H and O–H groups in total. The van der Waals surface area contributed by atoms with Crippen LogP contribution in [0, 0.1) is 0 Å². The zero-order valence-corrected chi connectivity index (χ0v) is 18.2. The van der Waals surface area contributed by atoms with Gasteiger partial charge >= 0.3 is 5.97 Å². The monoisotopic (exact) mass is 443 g/mol. The van der Waals surface area contributed by atoms with Crippen molar-refractivity contribution in [3.05, 3.63) is 71.8 Å². The summed E-state index contributed by atoms with van der Waals surface area (Å²) in [6.45, 7) is 2.93. The lowest BCUT2D eigenvalue weighted by Gasteiger charge is -2.44. The van der Waals surface area contributed by atoms with Gasteiger partial charge in [0, 0.05) is 13.8 Å². The maximum atomic E-state index is 11.9. The smallest absolute Gasteiger partial charge is 0.302 e. The predicted octanol–water partition coefficient (Wildman–Crippen LogP) is 1.94. The number of hydrogen-bond donors (Lipinski definition) is 2. The molecule has 2 aromatic carbocycles. The summed E-state index contributed by atoms with van der Waals surface area (Å²) in [4.78, 5) is 23.2. The van der Waals surface area contributed by atoms with Crippen molar-refractivity contribution < 1.29 is 33.6 Å². The van der Waals surface area contributed by atoms with Gasteiger partial charge in [-0.05, 0) is 11.1 Å². The van der Waals surface area contributed by atoms with E-state index in [0.717, 1.165) is 11.1 Å². The van der Waals surface area contributed by atoms with E-state index in [4.69, 9.17) is 18.9 Å². The molecule has 1 heterocycles. The van der Waals surface area contributed by atoms with Crippen molar-refractivity contribution in [2.45, 2.75) is 57.7 Å². The lowest BCUT2D eigenvalue weighted by molar-refractivity contribution is -0.282. The Morgan fingerprint density at radius 3 is 2.03 bits per heavy atom. The summed E-state index contributed by atoms with van der Waals surface area (Å²) in [7, 11) is 0. The molecular formula is C24H29NO7. The Labute approximate surface area is 187 Å². The van der Waals surface area contributed by atoms with Gasteiger partial charge in [0.05, 0.1) is 13.2 Å². The van der Waals surface area contributed by atoms with Gasteiger partial charge in [-0.3, -0.25) is 9.59 Å². The van der Waals surface area contributed by atoms with Crippen molar-refractivity contribution in [1.29, 1.82) is 0 Å². The number of rotatable bonds is 9. The van der Waals surface area contributed by atoms with Crippen LogP contribution in [0.1, 0.15) is 25.0 Å².